The lowest BCUT2D eigenvalue weighted by Gasteiger charge is -2.12. The average Bonchev–Trinajstić information content (AvgIpc) is 3.26. The lowest BCUT2D eigenvalue weighted by atomic mass is 10.1. The molecule has 0 aliphatic carbocycles. The number of hydroxylamine groups is 2. The summed E-state index contributed by atoms with van der Waals surface area (Å²) in [5.41, 5.74) is 0.625. The Labute approximate surface area is 158 Å². The molecule has 2 heterocycles. The van der Waals surface area contributed by atoms with Crippen molar-refractivity contribution in [1.29, 1.82) is 0 Å². The third-order valence-corrected chi connectivity index (χ3v) is 4.19. The molecule has 8 heteroatoms. The second kappa shape index (κ2) is 7.07. The first-order valence-corrected chi connectivity index (χ1v) is 8.43. The summed E-state index contributed by atoms with van der Waals surface area (Å²) in [5, 5.41) is 0.452. The Morgan fingerprint density at radius 2 is 1.61 bits per heavy atom. The van der Waals surface area contributed by atoms with Crippen LogP contribution in [0.2, 0.25) is 0 Å². The highest BCUT2D eigenvalue weighted by atomic mass is 19.1. The molecule has 0 radical (unpaired) electrons. The normalized spacial score (nSPS) is 13.0. The Bertz CT molecular complexity index is 1060. The molecular weight excluding hydrogens is 367 g/mol. The first-order valence-electron chi connectivity index (χ1n) is 8.43. The van der Waals surface area contributed by atoms with E-state index in [9.17, 15) is 18.8 Å². The molecule has 140 valence electrons. The number of hydrogen-bond acceptors (Lipinski definition) is 6. The lowest BCUT2D eigenvalue weighted by Crippen LogP contribution is -2.32. The molecule has 2 amide bonds. The quantitative estimate of drug-likeness (QED) is 0.632. The number of rotatable bonds is 5. The van der Waals surface area contributed by atoms with E-state index in [1.807, 2.05) is 0 Å². The Morgan fingerprint density at radius 3 is 2.25 bits per heavy atom. The van der Waals surface area contributed by atoms with E-state index in [4.69, 9.17) is 9.25 Å². The van der Waals surface area contributed by atoms with Gasteiger partial charge in [0.15, 0.2) is 11.7 Å². The fourth-order valence-corrected chi connectivity index (χ4v) is 2.82. The van der Waals surface area contributed by atoms with Crippen molar-refractivity contribution in [2.24, 2.45) is 0 Å². The van der Waals surface area contributed by atoms with Crippen molar-refractivity contribution in [3.8, 4) is 11.3 Å². The van der Waals surface area contributed by atoms with Crippen molar-refractivity contribution in [3.63, 3.8) is 0 Å². The zero-order valence-electron chi connectivity index (χ0n) is 14.4. The highest BCUT2D eigenvalue weighted by Crippen LogP contribution is 2.25. The zero-order valence-corrected chi connectivity index (χ0v) is 14.4. The van der Waals surface area contributed by atoms with Crippen molar-refractivity contribution in [1.82, 2.24) is 10.0 Å². The van der Waals surface area contributed by atoms with Crippen LogP contribution < -0.4 is 0 Å². The van der Waals surface area contributed by atoms with E-state index >= 15 is 0 Å². The molecule has 1 aliphatic heterocycles. The first kappa shape index (κ1) is 17.6. The van der Waals surface area contributed by atoms with Crippen LogP contribution in [0.15, 0.2) is 59.1 Å². The van der Waals surface area contributed by atoms with Gasteiger partial charge < -0.3 is 9.25 Å². The molecule has 2 aromatic carbocycles. The molecule has 0 spiro atoms. The molecule has 28 heavy (non-hydrogen) atoms. The number of aromatic nitrogens is 1. The number of nitrogens with zero attached hydrogens (tertiary/aromatic N) is 2. The second-order valence-corrected chi connectivity index (χ2v) is 6.01. The van der Waals surface area contributed by atoms with Gasteiger partial charge in [0.2, 0.25) is 0 Å². The summed E-state index contributed by atoms with van der Waals surface area (Å²) in [4.78, 5) is 45.3. The van der Waals surface area contributed by atoms with Gasteiger partial charge in [0.1, 0.15) is 5.82 Å². The number of carbonyl (C=O) groups excluding carboxylic acids is 3. The number of imide groups is 1. The van der Waals surface area contributed by atoms with Crippen molar-refractivity contribution in [2.45, 2.75) is 12.8 Å². The number of amides is 2. The average molecular weight is 380 g/mol. The van der Waals surface area contributed by atoms with Gasteiger partial charge in [-0.05, 0) is 24.3 Å². The molecule has 0 atom stereocenters. The summed E-state index contributed by atoms with van der Waals surface area (Å²) < 4.78 is 19.2. The van der Waals surface area contributed by atoms with Crippen LogP contribution in [0, 0.1) is 5.82 Å². The molecule has 0 fully saturated rings. The van der Waals surface area contributed by atoms with Gasteiger partial charge in [-0.25, -0.2) is 14.2 Å². The summed E-state index contributed by atoms with van der Waals surface area (Å²) in [7, 11) is 0. The number of oxazole rings is 1. The fraction of sp³-hybridized carbons (Fsp3) is 0.100. The van der Waals surface area contributed by atoms with Gasteiger partial charge in [-0.15, -0.1) is 0 Å². The summed E-state index contributed by atoms with van der Waals surface area (Å²) >= 11 is 0. The van der Waals surface area contributed by atoms with E-state index in [-0.39, 0.29) is 41.2 Å². The lowest BCUT2D eigenvalue weighted by molar-refractivity contribution is -0.168. The van der Waals surface area contributed by atoms with Gasteiger partial charge in [0.25, 0.3) is 11.8 Å². The molecular formula is C20H13FN2O5. The molecule has 3 aromatic rings. The van der Waals surface area contributed by atoms with Crippen molar-refractivity contribution < 1.29 is 28.0 Å². The molecule has 0 unspecified atom stereocenters. The highest BCUT2D eigenvalue weighted by molar-refractivity contribution is 6.20. The van der Waals surface area contributed by atoms with E-state index in [0.29, 0.717) is 5.06 Å². The smallest absolute Gasteiger partial charge is 0.333 e. The van der Waals surface area contributed by atoms with Gasteiger partial charge >= 0.3 is 5.97 Å². The van der Waals surface area contributed by atoms with Crippen LogP contribution in [0.3, 0.4) is 0 Å². The van der Waals surface area contributed by atoms with E-state index in [0.717, 1.165) is 0 Å². The largest absolute Gasteiger partial charge is 0.441 e. The van der Waals surface area contributed by atoms with E-state index in [2.05, 4.69) is 4.98 Å². The van der Waals surface area contributed by atoms with Crippen LogP contribution in [0.5, 0.6) is 0 Å². The van der Waals surface area contributed by atoms with E-state index in [1.165, 1.54) is 24.4 Å². The van der Waals surface area contributed by atoms with Gasteiger partial charge in [-0.1, -0.05) is 29.3 Å². The third-order valence-electron chi connectivity index (χ3n) is 4.19. The topological polar surface area (TPSA) is 89.7 Å². The molecule has 1 aromatic heterocycles. The SMILES string of the molecule is O=C(CCc1ncc(-c2ccccc2F)o1)ON1C(=O)c2ccccc2C1=O. The monoisotopic (exact) mass is 380 g/mol. The van der Waals surface area contributed by atoms with Crippen molar-refractivity contribution in [3.05, 3.63) is 77.6 Å². The van der Waals surface area contributed by atoms with E-state index < -0.39 is 23.6 Å². The minimum atomic E-state index is -0.792. The second-order valence-electron chi connectivity index (χ2n) is 6.01. The summed E-state index contributed by atoms with van der Waals surface area (Å²) in [6.45, 7) is 0. The number of fused-ring (bicyclic) bond motifs is 1. The van der Waals surface area contributed by atoms with Crippen LogP contribution in [0.4, 0.5) is 4.39 Å². The van der Waals surface area contributed by atoms with Crippen LogP contribution >= 0.6 is 0 Å². The van der Waals surface area contributed by atoms with Crippen molar-refractivity contribution >= 4 is 17.8 Å². The summed E-state index contributed by atoms with van der Waals surface area (Å²) in [6, 6.07) is 12.3. The van der Waals surface area contributed by atoms with E-state index in [1.54, 1.807) is 30.3 Å². The minimum Gasteiger partial charge on any atom is -0.441 e. The predicted molar refractivity (Wildman–Crippen MR) is 93.3 cm³/mol. The first-order chi connectivity index (χ1) is 13.5. The maximum atomic E-state index is 13.8. The molecule has 0 saturated heterocycles. The molecule has 0 bridgehead atoms. The Morgan fingerprint density at radius 1 is 1.00 bits per heavy atom. The number of carbonyl (C=O) groups is 3. The zero-order chi connectivity index (χ0) is 19.7. The number of hydrogen-bond donors (Lipinski definition) is 0. The van der Waals surface area contributed by atoms with Gasteiger partial charge in [-0.2, -0.15) is 0 Å². The number of benzene rings is 2. The van der Waals surface area contributed by atoms with Gasteiger partial charge in [0.05, 0.1) is 29.3 Å². The van der Waals surface area contributed by atoms with Crippen LogP contribution in [-0.4, -0.2) is 27.8 Å². The third kappa shape index (κ3) is 3.16. The molecule has 0 N–H and O–H groups in total. The van der Waals surface area contributed by atoms with Gasteiger partial charge in [0, 0.05) is 6.42 Å². The maximum Gasteiger partial charge on any atom is 0.333 e. The Balaban J connectivity index is 1.38. The highest BCUT2D eigenvalue weighted by Gasteiger charge is 2.38. The minimum absolute atomic E-state index is 0.0659. The molecule has 7 nitrogen and oxygen atoms in total. The molecule has 1 aliphatic rings. The van der Waals surface area contributed by atoms with Gasteiger partial charge in [-0.3, -0.25) is 9.59 Å². The Hall–Kier alpha value is -3.81. The standard InChI is InChI=1S/C20H13FN2O5/c21-15-8-4-3-7-14(15)16-11-22-17(27-16)9-10-18(24)28-23-19(25)12-5-1-2-6-13(12)20(23)26/h1-8,11H,9-10H2. The predicted octanol–water partition coefficient (Wildman–Crippen LogP) is 3.17. The maximum absolute atomic E-state index is 13.8. The fourth-order valence-electron chi connectivity index (χ4n) is 2.82. The van der Waals surface area contributed by atoms with Crippen molar-refractivity contribution in [2.75, 3.05) is 0 Å². The number of halogens is 1. The Kier molecular flexibility index (Phi) is 4.44. The molecule has 0 saturated carbocycles. The summed E-state index contributed by atoms with van der Waals surface area (Å²) in [6.07, 6.45) is 1.25. The van der Waals surface area contributed by atoms with Crippen LogP contribution in [0.1, 0.15) is 33.0 Å². The number of aryl methyl sites for hydroxylation is 1. The summed E-state index contributed by atoms with van der Waals surface area (Å²) in [5.74, 6) is -2.17. The van der Waals surface area contributed by atoms with Crippen LogP contribution in [0.25, 0.3) is 11.3 Å². The molecule has 4 rings (SSSR count). The van der Waals surface area contributed by atoms with Crippen LogP contribution in [-0.2, 0) is 16.1 Å².